The summed E-state index contributed by atoms with van der Waals surface area (Å²) in [5.41, 5.74) is 4.31. The number of piperazine rings is 5. The van der Waals surface area contributed by atoms with Crippen molar-refractivity contribution < 1.29 is 82.0 Å². The standard InChI is InChI=1S/C18H28Br2N4O6S.C17H26Br2N4O5S.C17H26Br2N4O4S.C16H24Br2N4O4S.C15H22Br2N4O4S/c1-14-10-15(24(27)28)11-17(18(14)22(4-2-19)5-3-20)31(29,30)23-8-6-21(7-9-23)12-16(26)13-25;1-14-12-15(23(25)26)13-16(17(14)21(4-2-18)5-3-19)29(27,28)22-8-6-20(7-9-22)10-11-24;1-3-20-8-10-22(11-9-20)28(26,27)16-13-15(23(24)25)12-14(2)17(16)21(6-4-18)7-5-19;1-13-11-14(22(23)24)12-15(16(13)20(5-3-17)6-4-18)27(25,26)21-9-7-19(2)8-10-21;1-12-10-13(21(22)23)11-14(15(12)19(6-2-16)7-3-17)26(24,25)20-8-4-18-5-9-20/h10-11,16,25-26H,2-9,12-13H2,1H3;12-13,24H,2-11H2,1H3;12-13H,3-11H2,1-2H3;11-12H,3-10H2,1-2H3;10-11,18H,2-9H2,1H3. The van der Waals surface area contributed by atoms with Gasteiger partial charge in [-0.3, -0.25) is 60.4 Å². The van der Waals surface area contributed by atoms with Crippen LogP contribution in [0, 0.1) is 85.2 Å². The Morgan fingerprint density at radius 3 is 0.716 bits per heavy atom. The molecule has 10 rings (SSSR count). The molecular formula is C83H126Br10N20O23S5. The number of nitro groups is 5. The van der Waals surface area contributed by atoms with E-state index in [-0.39, 0.29) is 98.9 Å². The molecule has 0 aromatic heterocycles. The highest BCUT2D eigenvalue weighted by Crippen LogP contribution is 2.43. The smallest absolute Gasteiger partial charge is 0.271 e. The largest absolute Gasteiger partial charge is 0.395 e. The first-order valence-corrected chi connectivity index (χ1v) is 63.4. The molecule has 5 aliphatic heterocycles. The van der Waals surface area contributed by atoms with Gasteiger partial charge in [-0.25, -0.2) is 42.1 Å². The minimum Gasteiger partial charge on any atom is -0.395 e. The highest BCUT2D eigenvalue weighted by Gasteiger charge is 2.41. The summed E-state index contributed by atoms with van der Waals surface area (Å²) in [6.45, 7) is 26.3. The van der Waals surface area contributed by atoms with E-state index in [1.165, 1.54) is 76.1 Å². The average Bonchev–Trinajstić information content (AvgIpc) is 0.883. The first-order chi connectivity index (χ1) is 66.7. The van der Waals surface area contributed by atoms with E-state index in [2.05, 4.69) is 174 Å². The van der Waals surface area contributed by atoms with Gasteiger partial charge in [0.1, 0.15) is 24.5 Å². The highest BCUT2D eigenvalue weighted by molar-refractivity contribution is 9.10. The van der Waals surface area contributed by atoms with Crippen LogP contribution in [0.4, 0.5) is 56.9 Å². The van der Waals surface area contributed by atoms with E-state index >= 15 is 0 Å². The summed E-state index contributed by atoms with van der Waals surface area (Å²) in [6.07, 6.45) is -0.878. The lowest BCUT2D eigenvalue weighted by Crippen LogP contribution is -2.50. The van der Waals surface area contributed by atoms with Crippen LogP contribution in [0.5, 0.6) is 0 Å². The number of non-ortho nitro benzene ring substituents is 5. The molecular weight excluding hydrogens is 2600 g/mol. The number of sulfonamides is 5. The van der Waals surface area contributed by atoms with Gasteiger partial charge in [0.2, 0.25) is 50.1 Å². The lowest BCUT2D eigenvalue weighted by molar-refractivity contribution is -0.385. The minimum absolute atomic E-state index is 0.00741. The number of nitrogens with one attached hydrogen (secondary N) is 1. The van der Waals surface area contributed by atoms with Crippen LogP contribution in [0.2, 0.25) is 0 Å². The van der Waals surface area contributed by atoms with E-state index in [9.17, 15) is 97.8 Å². The van der Waals surface area contributed by atoms with Crippen molar-refractivity contribution in [3.8, 4) is 0 Å². The molecule has 0 amide bonds. The third-order valence-electron chi connectivity index (χ3n) is 23.6. The fourth-order valence-electron chi connectivity index (χ4n) is 16.6. The molecule has 5 fully saturated rings. The molecule has 5 saturated heterocycles. The van der Waals surface area contributed by atoms with Gasteiger partial charge in [0.25, 0.3) is 28.4 Å². The van der Waals surface area contributed by atoms with Crippen LogP contribution >= 0.6 is 159 Å². The number of hydrogen-bond donors (Lipinski definition) is 4. The molecule has 1 unspecified atom stereocenters. The van der Waals surface area contributed by atoms with Gasteiger partial charge < -0.3 is 54.9 Å². The number of β-amino-alcohol motifs (C(OH)–C–C–N with tert-alkyl or cyclic N) is 2. The van der Waals surface area contributed by atoms with Gasteiger partial charge >= 0.3 is 0 Å². The predicted octanol–water partition coefficient (Wildman–Crippen LogP) is 10.3. The van der Waals surface area contributed by atoms with Gasteiger partial charge in [-0.1, -0.05) is 166 Å². The SMILES string of the molecule is CCN1CCN(S(=O)(=O)c2cc([N+](=O)[O-])cc(C)c2N(CCBr)CCBr)CC1.Cc1cc([N+](=O)[O-])cc(S(=O)(=O)N2CCN(C)CC2)c1N(CCBr)CCBr.Cc1cc([N+](=O)[O-])cc(S(=O)(=O)N2CCN(CC(O)CO)CC2)c1N(CCBr)CCBr.Cc1cc([N+](=O)[O-])cc(S(=O)(=O)N2CCN(CCO)CC2)c1N(CCBr)CCBr.Cc1cc([N+](=O)[O-])cc(S(=O)(=O)N2CCNCC2)c1N(CCBr)CCBr. The maximum atomic E-state index is 13.6. The Morgan fingerprint density at radius 2 is 0.525 bits per heavy atom. The zero-order valence-electron chi connectivity index (χ0n) is 79.5. The number of hydrogen-bond acceptors (Lipinski definition) is 33. The van der Waals surface area contributed by atoms with E-state index in [4.69, 9.17) is 10.2 Å². The summed E-state index contributed by atoms with van der Waals surface area (Å²) in [6, 6.07) is 13.1. The topological polar surface area (TPSA) is 504 Å². The van der Waals surface area contributed by atoms with Gasteiger partial charge in [0.15, 0.2) is 0 Å². The summed E-state index contributed by atoms with van der Waals surface area (Å²) in [7, 11) is -17.5. The minimum atomic E-state index is -3.99. The number of alkyl halides is 10. The Bertz CT molecular complexity index is 5540. The predicted molar refractivity (Wildman–Crippen MR) is 588 cm³/mol. The van der Waals surface area contributed by atoms with Crippen molar-refractivity contribution in [2.75, 3.05) is 314 Å². The maximum absolute atomic E-state index is 13.6. The maximum Gasteiger partial charge on any atom is 0.271 e. The van der Waals surface area contributed by atoms with Crippen molar-refractivity contribution in [3.05, 3.63) is 139 Å². The molecule has 0 saturated carbocycles. The van der Waals surface area contributed by atoms with Crippen molar-refractivity contribution in [1.82, 2.24) is 46.4 Å². The monoisotopic (exact) mass is 2720 g/mol. The van der Waals surface area contributed by atoms with Gasteiger partial charge in [-0.05, 0) is 76.0 Å². The second-order valence-corrected chi connectivity index (χ2v) is 50.3. The molecule has 796 valence electrons. The molecule has 0 aliphatic carbocycles. The van der Waals surface area contributed by atoms with Crippen molar-refractivity contribution in [3.63, 3.8) is 0 Å². The first kappa shape index (κ1) is 126. The van der Waals surface area contributed by atoms with Crippen LogP contribution in [0.15, 0.2) is 85.1 Å². The molecule has 141 heavy (non-hydrogen) atoms. The van der Waals surface area contributed by atoms with Gasteiger partial charge in [0.05, 0.1) is 72.4 Å². The second-order valence-electron chi connectivity index (χ2n) is 32.9. The number of likely N-dealkylation sites (N-methyl/N-ethyl adjacent to an activating group) is 2. The summed E-state index contributed by atoms with van der Waals surface area (Å²) in [4.78, 5) is 71.8. The lowest BCUT2D eigenvalue weighted by Gasteiger charge is -2.36. The summed E-state index contributed by atoms with van der Waals surface area (Å²) < 4.78 is 141. The number of benzene rings is 5. The molecule has 0 spiro atoms. The molecule has 4 N–H and O–H groups in total. The lowest BCUT2D eigenvalue weighted by atomic mass is 10.1. The van der Waals surface area contributed by atoms with Crippen molar-refractivity contribution in [1.29, 1.82) is 0 Å². The van der Waals surface area contributed by atoms with E-state index in [0.717, 1.165) is 12.6 Å². The fourth-order valence-corrected chi connectivity index (χ4v) is 29.5. The third-order valence-corrected chi connectivity index (χ3v) is 36.7. The molecule has 58 heteroatoms. The number of nitrogens with zero attached hydrogens (tertiary/aromatic N) is 19. The third kappa shape index (κ3) is 34.8. The summed E-state index contributed by atoms with van der Waals surface area (Å²) >= 11 is 34.0. The van der Waals surface area contributed by atoms with Gasteiger partial charge in [-0.2, -0.15) is 21.5 Å². The van der Waals surface area contributed by atoms with Gasteiger partial charge in [0, 0.05) is 323 Å². The summed E-state index contributed by atoms with van der Waals surface area (Å²) in [5.74, 6) is 0. The van der Waals surface area contributed by atoms with Crippen LogP contribution in [-0.2, 0) is 50.1 Å². The molecule has 0 radical (unpaired) electrons. The Morgan fingerprint density at radius 1 is 0.326 bits per heavy atom. The number of anilines is 5. The van der Waals surface area contributed by atoms with Crippen LogP contribution in [0.3, 0.4) is 0 Å². The van der Waals surface area contributed by atoms with Crippen LogP contribution < -0.4 is 29.8 Å². The quantitative estimate of drug-likeness (QED) is 0.0160. The number of aliphatic hydroxyl groups excluding tert-OH is 3. The van der Waals surface area contributed by atoms with Gasteiger partial charge in [-0.15, -0.1) is 0 Å². The molecule has 5 aromatic rings. The molecule has 5 aromatic carbocycles. The van der Waals surface area contributed by atoms with E-state index < -0.39 is 80.8 Å². The molecule has 5 heterocycles. The summed E-state index contributed by atoms with van der Waals surface area (Å²) in [5, 5.41) is 94.1. The van der Waals surface area contributed by atoms with Crippen LogP contribution in [-0.4, -0.2) is 419 Å². The van der Waals surface area contributed by atoms with Crippen LogP contribution in [0.25, 0.3) is 0 Å². The second kappa shape index (κ2) is 60.8. The Kier molecular flexibility index (Phi) is 54.3. The number of aryl methyl sites for hydroxylation is 5. The first-order valence-electron chi connectivity index (χ1n) is 45.0. The van der Waals surface area contributed by atoms with E-state index in [1.54, 1.807) is 34.6 Å². The number of nitro benzene ring substituents is 5. The van der Waals surface area contributed by atoms with E-state index in [0.29, 0.717) is 286 Å². The normalized spacial score (nSPS) is 16.3. The zero-order valence-corrected chi connectivity index (χ0v) is 99.4. The fraction of sp³-hybridized carbons (Fsp3) is 0.639. The highest BCUT2D eigenvalue weighted by atomic mass is 79.9. The van der Waals surface area contributed by atoms with Crippen molar-refractivity contribution >= 4 is 266 Å². The van der Waals surface area contributed by atoms with E-state index in [1.807, 2.05) is 48.3 Å². The Hall–Kier alpha value is -3.87. The number of halogens is 10. The van der Waals surface area contributed by atoms with Crippen molar-refractivity contribution in [2.45, 2.75) is 72.1 Å². The number of aliphatic hydroxyl groups is 3. The van der Waals surface area contributed by atoms with Crippen LogP contribution in [0.1, 0.15) is 34.7 Å². The molecule has 1 atom stereocenters. The number of rotatable bonds is 46. The Labute approximate surface area is 910 Å². The van der Waals surface area contributed by atoms with Crippen molar-refractivity contribution in [2.24, 2.45) is 0 Å². The molecule has 5 aliphatic rings. The molecule has 0 bridgehead atoms. The Balaban J connectivity index is 0.000000270. The molecule has 43 nitrogen and oxygen atoms in total. The zero-order chi connectivity index (χ0) is 105. The average molecular weight is 2730 g/mol.